The lowest BCUT2D eigenvalue weighted by Gasteiger charge is -2.12. The Bertz CT molecular complexity index is 1020. The molecule has 0 heterocycles. The molecule has 0 radical (unpaired) electrons. The summed E-state index contributed by atoms with van der Waals surface area (Å²) in [7, 11) is 0. The first-order chi connectivity index (χ1) is 13.6. The van der Waals surface area contributed by atoms with E-state index in [1.165, 1.54) is 6.07 Å². The van der Waals surface area contributed by atoms with E-state index < -0.39 is 11.8 Å². The van der Waals surface area contributed by atoms with Crippen LogP contribution in [0.5, 0.6) is 5.75 Å². The van der Waals surface area contributed by atoms with Crippen LogP contribution in [0.25, 0.3) is 0 Å². The van der Waals surface area contributed by atoms with E-state index in [9.17, 15) is 14.4 Å². The molecule has 0 saturated heterocycles. The number of primary amides is 1. The number of rotatable bonds is 7. The molecule has 0 fully saturated rings. The number of nitrogens with one attached hydrogen (secondary N) is 1. The van der Waals surface area contributed by atoms with Gasteiger partial charge in [0.25, 0.3) is 11.8 Å². The summed E-state index contributed by atoms with van der Waals surface area (Å²) in [6.45, 7) is -0.335. The summed E-state index contributed by atoms with van der Waals surface area (Å²) >= 11 is 0. The molecule has 0 unspecified atom stereocenters. The van der Waals surface area contributed by atoms with Crippen LogP contribution in [0.2, 0.25) is 0 Å². The number of benzene rings is 3. The van der Waals surface area contributed by atoms with Gasteiger partial charge in [-0.25, -0.2) is 0 Å². The van der Waals surface area contributed by atoms with Gasteiger partial charge in [0.1, 0.15) is 5.75 Å². The number of para-hydroxylation sites is 2. The van der Waals surface area contributed by atoms with Crippen molar-refractivity contribution in [3.8, 4) is 5.75 Å². The minimum Gasteiger partial charge on any atom is -0.483 e. The van der Waals surface area contributed by atoms with Crippen LogP contribution in [0.3, 0.4) is 0 Å². The maximum absolute atomic E-state index is 12.7. The maximum atomic E-state index is 12.7. The molecule has 0 bridgehead atoms. The molecule has 3 rings (SSSR count). The lowest BCUT2D eigenvalue weighted by molar-refractivity contribution is -0.118. The van der Waals surface area contributed by atoms with Gasteiger partial charge in [0.2, 0.25) is 0 Å². The van der Waals surface area contributed by atoms with Crippen LogP contribution < -0.4 is 15.8 Å². The van der Waals surface area contributed by atoms with Crippen LogP contribution in [0.1, 0.15) is 26.3 Å². The predicted octanol–water partition coefficient (Wildman–Crippen LogP) is 3.03. The van der Waals surface area contributed by atoms with E-state index in [2.05, 4.69) is 5.32 Å². The first-order valence-electron chi connectivity index (χ1n) is 8.56. The highest BCUT2D eigenvalue weighted by atomic mass is 16.5. The van der Waals surface area contributed by atoms with Crippen molar-refractivity contribution >= 4 is 23.3 Å². The first kappa shape index (κ1) is 18.8. The van der Waals surface area contributed by atoms with Gasteiger partial charge in [0.15, 0.2) is 12.4 Å². The lowest BCUT2D eigenvalue weighted by atomic mass is 10.0. The Labute approximate surface area is 161 Å². The molecular weight excluding hydrogens is 356 g/mol. The van der Waals surface area contributed by atoms with Gasteiger partial charge < -0.3 is 15.8 Å². The number of hydrogen-bond acceptors (Lipinski definition) is 4. The number of hydrogen-bond donors (Lipinski definition) is 2. The summed E-state index contributed by atoms with van der Waals surface area (Å²) < 4.78 is 5.42. The molecule has 28 heavy (non-hydrogen) atoms. The average molecular weight is 374 g/mol. The fourth-order valence-corrected chi connectivity index (χ4v) is 2.66. The molecule has 6 nitrogen and oxygen atoms in total. The van der Waals surface area contributed by atoms with Gasteiger partial charge in [0.05, 0.1) is 11.3 Å². The Morgan fingerprint density at radius 3 is 2.11 bits per heavy atom. The zero-order valence-corrected chi connectivity index (χ0v) is 14.9. The van der Waals surface area contributed by atoms with Crippen LogP contribution in [-0.4, -0.2) is 24.2 Å². The maximum Gasteiger partial charge on any atom is 0.262 e. The average Bonchev–Trinajstić information content (AvgIpc) is 2.73. The molecule has 3 aromatic rings. The predicted molar refractivity (Wildman–Crippen MR) is 105 cm³/mol. The van der Waals surface area contributed by atoms with Crippen LogP contribution >= 0.6 is 0 Å². The van der Waals surface area contributed by atoms with Crippen molar-refractivity contribution in [3.05, 3.63) is 95.6 Å². The van der Waals surface area contributed by atoms with Gasteiger partial charge in [-0.15, -0.1) is 0 Å². The molecule has 0 aromatic heterocycles. The summed E-state index contributed by atoms with van der Waals surface area (Å²) in [5, 5.41) is 2.68. The molecular formula is C22H18N2O4. The van der Waals surface area contributed by atoms with Gasteiger partial charge in [-0.2, -0.15) is 0 Å². The summed E-state index contributed by atoms with van der Waals surface area (Å²) in [6, 6.07) is 21.9. The van der Waals surface area contributed by atoms with Crippen LogP contribution in [-0.2, 0) is 4.79 Å². The third-order valence-corrected chi connectivity index (χ3v) is 3.99. The first-order valence-corrected chi connectivity index (χ1v) is 8.56. The SMILES string of the molecule is NC(=O)c1ccccc1OCC(=O)Nc1ccccc1C(=O)c1ccccc1. The number of ether oxygens (including phenoxy) is 1. The van der Waals surface area contributed by atoms with E-state index in [1.807, 2.05) is 6.07 Å². The number of ketones is 1. The molecule has 0 spiro atoms. The van der Waals surface area contributed by atoms with E-state index in [-0.39, 0.29) is 23.7 Å². The Morgan fingerprint density at radius 1 is 0.786 bits per heavy atom. The van der Waals surface area contributed by atoms with Gasteiger partial charge in [-0.05, 0) is 24.3 Å². The fourth-order valence-electron chi connectivity index (χ4n) is 2.66. The van der Waals surface area contributed by atoms with Gasteiger partial charge >= 0.3 is 0 Å². The number of nitrogens with two attached hydrogens (primary N) is 1. The largest absolute Gasteiger partial charge is 0.483 e. The molecule has 6 heteroatoms. The number of carbonyl (C=O) groups excluding carboxylic acids is 3. The van der Waals surface area contributed by atoms with E-state index >= 15 is 0 Å². The third kappa shape index (κ3) is 4.42. The summed E-state index contributed by atoms with van der Waals surface area (Å²) in [5.41, 5.74) is 6.77. The zero-order chi connectivity index (χ0) is 19.9. The van der Waals surface area contributed by atoms with Crippen molar-refractivity contribution in [2.75, 3.05) is 11.9 Å². The molecule has 0 aliphatic heterocycles. The molecule has 0 saturated carbocycles. The normalized spacial score (nSPS) is 10.1. The summed E-state index contributed by atoms with van der Waals surface area (Å²) in [5.74, 6) is -1.09. The van der Waals surface area contributed by atoms with Gasteiger partial charge in [-0.3, -0.25) is 14.4 Å². The minimum absolute atomic E-state index is 0.190. The molecule has 0 aliphatic rings. The summed E-state index contributed by atoms with van der Waals surface area (Å²) in [6.07, 6.45) is 0. The molecule has 0 atom stereocenters. The van der Waals surface area contributed by atoms with Crippen molar-refractivity contribution in [3.63, 3.8) is 0 Å². The smallest absolute Gasteiger partial charge is 0.262 e. The highest BCUT2D eigenvalue weighted by molar-refractivity contribution is 6.13. The standard InChI is InChI=1S/C22H18N2O4/c23-22(27)17-11-5-7-13-19(17)28-14-20(25)24-18-12-6-4-10-16(18)21(26)15-8-2-1-3-9-15/h1-13H,14H2,(H2,23,27)(H,24,25). The van der Waals surface area contributed by atoms with Crippen molar-refractivity contribution < 1.29 is 19.1 Å². The highest BCUT2D eigenvalue weighted by Crippen LogP contribution is 2.20. The van der Waals surface area contributed by atoms with Gasteiger partial charge in [-0.1, -0.05) is 54.6 Å². The molecule has 140 valence electrons. The Hall–Kier alpha value is -3.93. The lowest BCUT2D eigenvalue weighted by Crippen LogP contribution is -2.23. The highest BCUT2D eigenvalue weighted by Gasteiger charge is 2.16. The number of amides is 2. The van der Waals surface area contributed by atoms with E-state index in [0.29, 0.717) is 16.8 Å². The van der Waals surface area contributed by atoms with E-state index in [1.54, 1.807) is 66.7 Å². The van der Waals surface area contributed by atoms with Crippen molar-refractivity contribution in [1.29, 1.82) is 0 Å². The van der Waals surface area contributed by atoms with Crippen molar-refractivity contribution in [1.82, 2.24) is 0 Å². The number of carbonyl (C=O) groups is 3. The molecule has 0 aliphatic carbocycles. The monoisotopic (exact) mass is 374 g/mol. The molecule has 3 N–H and O–H groups in total. The summed E-state index contributed by atoms with van der Waals surface area (Å²) in [4.78, 5) is 36.4. The minimum atomic E-state index is -0.644. The fraction of sp³-hybridized carbons (Fsp3) is 0.0455. The Balaban J connectivity index is 1.72. The molecule has 2 amide bonds. The quantitative estimate of drug-likeness (QED) is 0.621. The van der Waals surface area contributed by atoms with Crippen LogP contribution in [0.4, 0.5) is 5.69 Å². The Morgan fingerprint density at radius 2 is 1.39 bits per heavy atom. The van der Waals surface area contributed by atoms with Gasteiger partial charge in [0, 0.05) is 11.1 Å². The second-order valence-corrected chi connectivity index (χ2v) is 5.94. The van der Waals surface area contributed by atoms with Crippen molar-refractivity contribution in [2.45, 2.75) is 0 Å². The number of anilines is 1. The van der Waals surface area contributed by atoms with E-state index in [0.717, 1.165) is 0 Å². The van der Waals surface area contributed by atoms with Crippen LogP contribution in [0.15, 0.2) is 78.9 Å². The van der Waals surface area contributed by atoms with Crippen LogP contribution in [0, 0.1) is 0 Å². The van der Waals surface area contributed by atoms with Crippen molar-refractivity contribution in [2.24, 2.45) is 5.73 Å². The second kappa shape index (κ2) is 8.64. The van der Waals surface area contributed by atoms with E-state index in [4.69, 9.17) is 10.5 Å². The molecule has 3 aromatic carbocycles. The zero-order valence-electron chi connectivity index (χ0n) is 14.9. The second-order valence-electron chi connectivity index (χ2n) is 5.94. The Kier molecular flexibility index (Phi) is 5.81. The topological polar surface area (TPSA) is 98.5 Å². The third-order valence-electron chi connectivity index (χ3n) is 3.99.